The Balaban J connectivity index is 1.53. The fourth-order valence-electron chi connectivity index (χ4n) is 5.82. The van der Waals surface area contributed by atoms with Crippen LogP contribution in [0.4, 0.5) is 0 Å². The van der Waals surface area contributed by atoms with E-state index in [-0.39, 0.29) is 23.7 Å². The first-order valence-corrected chi connectivity index (χ1v) is 17.2. The lowest BCUT2D eigenvalue weighted by molar-refractivity contribution is -0.140. The third kappa shape index (κ3) is 6.81. The van der Waals surface area contributed by atoms with Gasteiger partial charge in [0, 0.05) is 17.3 Å². The highest BCUT2D eigenvalue weighted by atomic mass is 32.1. The molecule has 0 N–H and O–H groups in total. The number of benzene rings is 3. The lowest BCUT2D eigenvalue weighted by Crippen LogP contribution is -2.40. The van der Waals surface area contributed by atoms with E-state index in [9.17, 15) is 14.4 Å². The summed E-state index contributed by atoms with van der Waals surface area (Å²) in [6.07, 6.45) is 3.72. The quantitative estimate of drug-likeness (QED) is 0.171. The molecule has 5 aromatic rings. The third-order valence-electron chi connectivity index (χ3n) is 8.23. The molecule has 1 aliphatic rings. The number of para-hydroxylation sites is 1. The number of esters is 2. The summed E-state index contributed by atoms with van der Waals surface area (Å²) in [5.41, 5.74) is 5.49. The monoisotopic (exact) mass is 690 g/mol. The molecule has 0 unspecified atom stereocenters. The molecule has 0 aliphatic carbocycles. The smallest absolute Gasteiger partial charge is 0.338 e. The maximum absolute atomic E-state index is 14.4. The van der Waals surface area contributed by atoms with Gasteiger partial charge in [-0.3, -0.25) is 9.36 Å². The van der Waals surface area contributed by atoms with Crippen LogP contribution in [0.3, 0.4) is 0 Å². The largest absolute Gasteiger partial charge is 0.494 e. The van der Waals surface area contributed by atoms with E-state index in [4.69, 9.17) is 24.3 Å². The van der Waals surface area contributed by atoms with E-state index in [1.807, 2.05) is 88.5 Å². The van der Waals surface area contributed by atoms with Crippen LogP contribution in [0.5, 0.6) is 5.75 Å². The van der Waals surface area contributed by atoms with Crippen LogP contribution in [0.25, 0.3) is 23.0 Å². The highest BCUT2D eigenvalue weighted by Gasteiger charge is 2.34. The molecule has 256 valence electrons. The first-order valence-electron chi connectivity index (χ1n) is 16.4. The van der Waals surface area contributed by atoms with Crippen LogP contribution >= 0.6 is 11.3 Å². The van der Waals surface area contributed by atoms with Crippen LogP contribution in [0, 0.1) is 12.8 Å². The lowest BCUT2D eigenvalue weighted by Gasteiger charge is -2.25. The summed E-state index contributed by atoms with van der Waals surface area (Å²) in [4.78, 5) is 45.4. The Kier molecular flexibility index (Phi) is 9.96. The third-order valence-corrected chi connectivity index (χ3v) is 9.22. The number of allylic oxidation sites excluding steroid dienone is 1. The van der Waals surface area contributed by atoms with E-state index in [0.717, 1.165) is 28.1 Å². The van der Waals surface area contributed by atoms with Crippen LogP contribution in [0.2, 0.25) is 0 Å². The molecule has 0 radical (unpaired) electrons. The minimum Gasteiger partial charge on any atom is -0.494 e. The second-order valence-electron chi connectivity index (χ2n) is 12.3. The Morgan fingerprint density at radius 3 is 2.40 bits per heavy atom. The highest BCUT2D eigenvalue weighted by Crippen LogP contribution is 2.32. The number of carbonyl (C=O) groups is 2. The van der Waals surface area contributed by atoms with Crippen LogP contribution in [0.1, 0.15) is 60.8 Å². The Hall–Kier alpha value is -5.55. The Bertz CT molecular complexity index is 2280. The first-order chi connectivity index (χ1) is 24.1. The molecule has 6 rings (SSSR count). The summed E-state index contributed by atoms with van der Waals surface area (Å²) in [5.74, 6) is -0.123. The number of aryl methyl sites for hydroxylation is 1. The zero-order chi connectivity index (χ0) is 35.5. The summed E-state index contributed by atoms with van der Waals surface area (Å²) >= 11 is 1.23. The van der Waals surface area contributed by atoms with Crippen molar-refractivity contribution in [3.8, 4) is 22.7 Å². The van der Waals surface area contributed by atoms with Crippen molar-refractivity contribution in [2.24, 2.45) is 10.9 Å². The van der Waals surface area contributed by atoms with Gasteiger partial charge in [-0.1, -0.05) is 55.5 Å². The van der Waals surface area contributed by atoms with E-state index < -0.39 is 18.0 Å². The van der Waals surface area contributed by atoms with Crippen molar-refractivity contribution in [2.75, 3.05) is 20.3 Å². The standard InChI is InChI=1S/C39H38N4O6S/c1-7-48-31-18-17-28(19-24(31)4)34-29(21-42(41-34)30-11-9-8-10-12-30)20-32-36(44)43-35(26-13-15-27(16-14-26)37(45)47-6)33(25(5)40-39(43)50-32)38(46)49-22-23(2)3/h8-21,23,35H,7,22H2,1-6H3/b32-20-/t35-/m0/s1. The molecule has 0 saturated heterocycles. The maximum Gasteiger partial charge on any atom is 0.338 e. The van der Waals surface area contributed by atoms with Gasteiger partial charge in [0.05, 0.1) is 53.4 Å². The maximum atomic E-state index is 14.4. The van der Waals surface area contributed by atoms with Crippen molar-refractivity contribution >= 4 is 29.4 Å². The van der Waals surface area contributed by atoms with Gasteiger partial charge in [0.2, 0.25) is 0 Å². The van der Waals surface area contributed by atoms with Gasteiger partial charge in [-0.25, -0.2) is 19.3 Å². The van der Waals surface area contributed by atoms with Crippen molar-refractivity contribution in [3.05, 3.63) is 132 Å². The number of ether oxygens (including phenoxy) is 3. The number of carbonyl (C=O) groups excluding carboxylic acids is 2. The van der Waals surface area contributed by atoms with Gasteiger partial charge in [-0.2, -0.15) is 5.10 Å². The Labute approximate surface area is 293 Å². The molecule has 0 fully saturated rings. The molecular formula is C39H38N4O6S. The number of nitrogens with zero attached hydrogens (tertiary/aromatic N) is 4. The number of methoxy groups -OCH3 is 1. The van der Waals surface area contributed by atoms with Gasteiger partial charge in [-0.15, -0.1) is 0 Å². The van der Waals surface area contributed by atoms with Crippen molar-refractivity contribution in [2.45, 2.75) is 40.7 Å². The van der Waals surface area contributed by atoms with Crippen LogP contribution < -0.4 is 19.6 Å². The molecule has 0 bridgehead atoms. The van der Waals surface area contributed by atoms with E-state index in [0.29, 0.717) is 38.5 Å². The zero-order valence-electron chi connectivity index (χ0n) is 28.8. The normalized spacial score (nSPS) is 14.4. The van der Waals surface area contributed by atoms with E-state index in [1.165, 1.54) is 23.0 Å². The predicted octanol–water partition coefficient (Wildman–Crippen LogP) is 5.78. The molecule has 10 nitrogen and oxygen atoms in total. The second-order valence-corrected chi connectivity index (χ2v) is 13.3. The molecule has 1 aliphatic heterocycles. The van der Waals surface area contributed by atoms with Crippen molar-refractivity contribution < 1.29 is 23.8 Å². The average Bonchev–Trinajstić information content (AvgIpc) is 3.68. The molecule has 1 atom stereocenters. The van der Waals surface area contributed by atoms with Crippen LogP contribution in [0.15, 0.2) is 100 Å². The number of rotatable bonds is 10. The SMILES string of the molecule is CCOc1ccc(-c2nn(-c3ccccc3)cc2/C=c2\sc3n(c2=O)[C@@H](c2ccc(C(=O)OC)cc2)C(C(=O)OCC(C)C)=C(C)N=3)cc1C. The minimum absolute atomic E-state index is 0.115. The number of hydrogen-bond donors (Lipinski definition) is 0. The van der Waals surface area contributed by atoms with Crippen LogP contribution in [-0.2, 0) is 14.3 Å². The highest BCUT2D eigenvalue weighted by molar-refractivity contribution is 7.07. The molecule has 2 aromatic heterocycles. The van der Waals surface area contributed by atoms with Gasteiger partial charge >= 0.3 is 11.9 Å². The summed E-state index contributed by atoms with van der Waals surface area (Å²) in [6.45, 7) is 10.4. The predicted molar refractivity (Wildman–Crippen MR) is 192 cm³/mol. The van der Waals surface area contributed by atoms with Gasteiger partial charge in [0.25, 0.3) is 5.56 Å². The summed E-state index contributed by atoms with van der Waals surface area (Å²) in [6, 6.07) is 21.5. The topological polar surface area (TPSA) is 114 Å². The van der Waals surface area contributed by atoms with Crippen molar-refractivity contribution in [3.63, 3.8) is 0 Å². The minimum atomic E-state index is -0.833. The molecule has 0 saturated carbocycles. The van der Waals surface area contributed by atoms with Gasteiger partial charge in [0.1, 0.15) is 11.4 Å². The summed E-state index contributed by atoms with van der Waals surface area (Å²) in [5, 5.41) is 4.96. The molecule has 3 aromatic carbocycles. The average molecular weight is 691 g/mol. The lowest BCUT2D eigenvalue weighted by atomic mass is 9.95. The molecule has 11 heteroatoms. The van der Waals surface area contributed by atoms with Gasteiger partial charge in [-0.05, 0) is 86.4 Å². The Morgan fingerprint density at radius 2 is 1.74 bits per heavy atom. The van der Waals surface area contributed by atoms with Gasteiger partial charge in [0.15, 0.2) is 4.80 Å². The molecule has 0 amide bonds. The van der Waals surface area contributed by atoms with E-state index in [1.54, 1.807) is 35.9 Å². The van der Waals surface area contributed by atoms with E-state index >= 15 is 0 Å². The molecule has 3 heterocycles. The molecular weight excluding hydrogens is 653 g/mol. The number of fused-ring (bicyclic) bond motifs is 1. The van der Waals surface area contributed by atoms with Gasteiger partial charge < -0.3 is 14.2 Å². The summed E-state index contributed by atoms with van der Waals surface area (Å²) < 4.78 is 20.1. The number of hydrogen-bond acceptors (Lipinski definition) is 9. The molecule has 0 spiro atoms. The van der Waals surface area contributed by atoms with E-state index in [2.05, 4.69) is 0 Å². The number of thiazole rings is 1. The van der Waals surface area contributed by atoms with Crippen molar-refractivity contribution in [1.29, 1.82) is 0 Å². The van der Waals surface area contributed by atoms with Crippen LogP contribution in [-0.4, -0.2) is 46.6 Å². The molecule has 50 heavy (non-hydrogen) atoms. The number of aromatic nitrogens is 3. The van der Waals surface area contributed by atoms with Crippen molar-refractivity contribution in [1.82, 2.24) is 14.3 Å². The fourth-order valence-corrected chi connectivity index (χ4v) is 6.86. The fraction of sp³-hybridized carbons (Fsp3) is 0.256. The first kappa shape index (κ1) is 34.3. The zero-order valence-corrected chi connectivity index (χ0v) is 29.6. The Morgan fingerprint density at radius 1 is 1.00 bits per heavy atom. The summed E-state index contributed by atoms with van der Waals surface area (Å²) in [7, 11) is 1.31. The second kappa shape index (κ2) is 14.5.